The summed E-state index contributed by atoms with van der Waals surface area (Å²) in [6.45, 7) is 4.08. The van der Waals surface area contributed by atoms with Gasteiger partial charge in [0, 0.05) is 19.6 Å². The lowest BCUT2D eigenvalue weighted by atomic mass is 10.1. The molecule has 0 spiro atoms. The van der Waals surface area contributed by atoms with Gasteiger partial charge in [0.1, 0.15) is 0 Å². The van der Waals surface area contributed by atoms with Gasteiger partial charge in [-0.3, -0.25) is 0 Å². The van der Waals surface area contributed by atoms with E-state index in [-0.39, 0.29) is 17.7 Å². The van der Waals surface area contributed by atoms with Gasteiger partial charge in [0.05, 0.1) is 18.3 Å². The number of benzene rings is 1. The van der Waals surface area contributed by atoms with Crippen molar-refractivity contribution in [2.24, 2.45) is 0 Å². The highest BCUT2D eigenvalue weighted by Gasteiger charge is 2.22. The predicted molar refractivity (Wildman–Crippen MR) is 77.2 cm³/mol. The van der Waals surface area contributed by atoms with Crippen molar-refractivity contribution in [3.63, 3.8) is 0 Å². The smallest absolute Gasteiger partial charge is 0.335 e. The van der Waals surface area contributed by atoms with Crippen molar-refractivity contribution < 1.29 is 19.4 Å². The second-order valence-electron chi connectivity index (χ2n) is 5.01. The van der Waals surface area contributed by atoms with E-state index in [4.69, 9.17) is 9.84 Å². The molecular formula is C15H20N2O4. The Labute approximate surface area is 123 Å². The standard InChI is InChI=1S/C15H20N2O4/c1-2-13-10-17(6-7-21-13)15(20)16-9-11-4-3-5-12(8-11)14(18)19/h3-5,8,13H,2,6-7,9-10H2,1H3,(H,16,20)(H,18,19). The minimum Gasteiger partial charge on any atom is -0.478 e. The van der Waals surface area contributed by atoms with Crippen LogP contribution in [-0.4, -0.2) is 47.8 Å². The summed E-state index contributed by atoms with van der Waals surface area (Å²) in [5.74, 6) is -0.970. The number of morpholine rings is 1. The summed E-state index contributed by atoms with van der Waals surface area (Å²) in [6.07, 6.45) is 0.976. The van der Waals surface area contributed by atoms with E-state index in [1.54, 1.807) is 23.1 Å². The highest BCUT2D eigenvalue weighted by atomic mass is 16.5. The monoisotopic (exact) mass is 292 g/mol. The molecule has 1 aliphatic rings. The van der Waals surface area contributed by atoms with Gasteiger partial charge in [0.2, 0.25) is 0 Å². The van der Waals surface area contributed by atoms with E-state index in [1.165, 1.54) is 6.07 Å². The molecule has 1 saturated heterocycles. The van der Waals surface area contributed by atoms with E-state index >= 15 is 0 Å². The fourth-order valence-electron chi connectivity index (χ4n) is 2.25. The lowest BCUT2D eigenvalue weighted by Gasteiger charge is -2.32. The first-order valence-corrected chi connectivity index (χ1v) is 7.06. The second kappa shape index (κ2) is 7.08. The van der Waals surface area contributed by atoms with Gasteiger partial charge >= 0.3 is 12.0 Å². The summed E-state index contributed by atoms with van der Waals surface area (Å²) in [4.78, 5) is 24.7. The van der Waals surface area contributed by atoms with Crippen LogP contribution in [0.2, 0.25) is 0 Å². The Balaban J connectivity index is 1.89. The number of hydrogen-bond donors (Lipinski definition) is 2. The fraction of sp³-hybridized carbons (Fsp3) is 0.467. The van der Waals surface area contributed by atoms with Gasteiger partial charge in [0.15, 0.2) is 0 Å². The van der Waals surface area contributed by atoms with Gasteiger partial charge in [-0.2, -0.15) is 0 Å². The summed E-state index contributed by atoms with van der Waals surface area (Å²) in [5.41, 5.74) is 0.989. The quantitative estimate of drug-likeness (QED) is 0.885. The van der Waals surface area contributed by atoms with Crippen LogP contribution < -0.4 is 5.32 Å². The molecule has 2 N–H and O–H groups in total. The minimum atomic E-state index is -0.970. The summed E-state index contributed by atoms with van der Waals surface area (Å²) in [6, 6.07) is 6.42. The third-order valence-electron chi connectivity index (χ3n) is 3.50. The Morgan fingerprint density at radius 3 is 3.00 bits per heavy atom. The molecule has 0 aromatic heterocycles. The van der Waals surface area contributed by atoms with Crippen LogP contribution in [-0.2, 0) is 11.3 Å². The summed E-state index contributed by atoms with van der Waals surface area (Å²) >= 11 is 0. The molecule has 1 fully saturated rings. The third-order valence-corrected chi connectivity index (χ3v) is 3.50. The zero-order valence-electron chi connectivity index (χ0n) is 12.0. The minimum absolute atomic E-state index is 0.0971. The van der Waals surface area contributed by atoms with Crippen molar-refractivity contribution >= 4 is 12.0 Å². The molecule has 6 nitrogen and oxygen atoms in total. The average molecular weight is 292 g/mol. The van der Waals surface area contributed by atoms with E-state index in [1.807, 2.05) is 6.92 Å². The number of carbonyl (C=O) groups excluding carboxylic acids is 1. The molecule has 2 amide bonds. The Morgan fingerprint density at radius 2 is 2.29 bits per heavy atom. The van der Waals surface area contributed by atoms with Crippen LogP contribution in [0.3, 0.4) is 0 Å². The van der Waals surface area contributed by atoms with E-state index in [2.05, 4.69) is 5.32 Å². The number of carboxylic acids is 1. The number of nitrogens with one attached hydrogen (secondary N) is 1. The normalized spacial score (nSPS) is 18.3. The molecule has 114 valence electrons. The lowest BCUT2D eigenvalue weighted by molar-refractivity contribution is -0.0154. The largest absolute Gasteiger partial charge is 0.478 e. The van der Waals surface area contributed by atoms with E-state index < -0.39 is 5.97 Å². The zero-order valence-corrected chi connectivity index (χ0v) is 12.0. The number of rotatable bonds is 4. The van der Waals surface area contributed by atoms with E-state index in [0.717, 1.165) is 12.0 Å². The van der Waals surface area contributed by atoms with Crippen molar-refractivity contribution in [2.75, 3.05) is 19.7 Å². The van der Waals surface area contributed by atoms with Gasteiger partial charge in [-0.05, 0) is 24.1 Å². The molecule has 6 heteroatoms. The number of urea groups is 1. The Hall–Kier alpha value is -2.08. The van der Waals surface area contributed by atoms with Crippen LogP contribution in [0.15, 0.2) is 24.3 Å². The number of carboxylic acid groups (broad SMARTS) is 1. The Bertz CT molecular complexity index is 518. The van der Waals surface area contributed by atoms with Crippen LogP contribution in [0.1, 0.15) is 29.3 Å². The Morgan fingerprint density at radius 1 is 1.48 bits per heavy atom. The number of aromatic carboxylic acids is 1. The van der Waals surface area contributed by atoms with Crippen molar-refractivity contribution in [3.05, 3.63) is 35.4 Å². The molecule has 21 heavy (non-hydrogen) atoms. The molecule has 0 bridgehead atoms. The summed E-state index contributed by atoms with van der Waals surface area (Å²) in [7, 11) is 0. The number of amides is 2. The highest BCUT2D eigenvalue weighted by molar-refractivity contribution is 5.87. The molecule has 1 unspecified atom stereocenters. The molecule has 0 saturated carbocycles. The van der Waals surface area contributed by atoms with Crippen LogP contribution in [0.25, 0.3) is 0 Å². The number of ether oxygens (including phenoxy) is 1. The molecule has 1 atom stereocenters. The average Bonchev–Trinajstić information content (AvgIpc) is 2.53. The van der Waals surface area contributed by atoms with Gasteiger partial charge in [-0.25, -0.2) is 9.59 Å². The molecule has 1 aromatic carbocycles. The van der Waals surface area contributed by atoms with Gasteiger partial charge in [-0.15, -0.1) is 0 Å². The van der Waals surface area contributed by atoms with Crippen molar-refractivity contribution in [1.29, 1.82) is 0 Å². The van der Waals surface area contributed by atoms with Gasteiger partial charge in [-0.1, -0.05) is 19.1 Å². The molecule has 1 aliphatic heterocycles. The Kier molecular flexibility index (Phi) is 5.16. The first-order valence-electron chi connectivity index (χ1n) is 7.06. The molecule has 0 aliphatic carbocycles. The van der Waals surface area contributed by atoms with Crippen molar-refractivity contribution in [1.82, 2.24) is 10.2 Å². The second-order valence-corrected chi connectivity index (χ2v) is 5.01. The molecule has 0 radical (unpaired) electrons. The lowest BCUT2D eigenvalue weighted by Crippen LogP contribution is -2.49. The van der Waals surface area contributed by atoms with E-state index in [0.29, 0.717) is 26.2 Å². The number of carbonyl (C=O) groups is 2. The predicted octanol–water partition coefficient (Wildman–Crippen LogP) is 1.71. The van der Waals surface area contributed by atoms with Crippen LogP contribution in [0, 0.1) is 0 Å². The third kappa shape index (κ3) is 4.19. The summed E-state index contributed by atoms with van der Waals surface area (Å²) < 4.78 is 5.53. The maximum Gasteiger partial charge on any atom is 0.335 e. The zero-order chi connectivity index (χ0) is 15.2. The first kappa shape index (κ1) is 15.3. The molecule has 1 aromatic rings. The topological polar surface area (TPSA) is 78.9 Å². The maximum atomic E-state index is 12.1. The fourth-order valence-corrected chi connectivity index (χ4v) is 2.25. The van der Waals surface area contributed by atoms with Gasteiger partial charge < -0.3 is 20.1 Å². The number of nitrogens with zero attached hydrogens (tertiary/aromatic N) is 1. The van der Waals surface area contributed by atoms with E-state index in [9.17, 15) is 9.59 Å². The van der Waals surface area contributed by atoms with Crippen LogP contribution in [0.5, 0.6) is 0 Å². The van der Waals surface area contributed by atoms with Crippen molar-refractivity contribution in [2.45, 2.75) is 26.0 Å². The summed E-state index contributed by atoms with van der Waals surface area (Å²) in [5, 5.41) is 11.8. The van der Waals surface area contributed by atoms with Crippen LogP contribution >= 0.6 is 0 Å². The van der Waals surface area contributed by atoms with Crippen LogP contribution in [0.4, 0.5) is 4.79 Å². The SMILES string of the molecule is CCC1CN(C(=O)NCc2cccc(C(=O)O)c2)CCO1. The first-order chi connectivity index (χ1) is 10.1. The number of hydrogen-bond acceptors (Lipinski definition) is 3. The molecule has 2 rings (SSSR count). The highest BCUT2D eigenvalue weighted by Crippen LogP contribution is 2.09. The van der Waals surface area contributed by atoms with Gasteiger partial charge in [0.25, 0.3) is 0 Å². The maximum absolute atomic E-state index is 12.1. The van der Waals surface area contributed by atoms with Crippen molar-refractivity contribution in [3.8, 4) is 0 Å². The molecular weight excluding hydrogens is 272 g/mol. The molecule has 1 heterocycles.